The first-order valence-electron chi connectivity index (χ1n) is 9.45. The molecule has 0 N–H and O–H groups in total. The van der Waals surface area contributed by atoms with Gasteiger partial charge in [-0.3, -0.25) is 4.99 Å². The summed E-state index contributed by atoms with van der Waals surface area (Å²) in [5, 5.41) is 7.27. The van der Waals surface area contributed by atoms with E-state index in [4.69, 9.17) is 25.5 Å². The number of hydrogen-bond acceptors (Lipinski definition) is 6. The second kappa shape index (κ2) is 9.68. The standard InChI is InChI=1S/C23H20ClN3O3S/c1-25-23-27(19(15-31-23)20-4-3-11-29-20)26-13-17-7-10-21(22(12-17)28-2)30-14-16-5-8-18(24)9-6-16/h3-13,15H,14H2,1-2H3. The lowest BCUT2D eigenvalue weighted by atomic mass is 10.2. The van der Waals surface area contributed by atoms with Crippen LogP contribution in [0.25, 0.3) is 11.5 Å². The molecule has 0 amide bonds. The topological polar surface area (TPSA) is 61.2 Å². The van der Waals surface area contributed by atoms with E-state index in [9.17, 15) is 0 Å². The van der Waals surface area contributed by atoms with Gasteiger partial charge in [0.25, 0.3) is 0 Å². The van der Waals surface area contributed by atoms with Crippen molar-refractivity contribution < 1.29 is 13.9 Å². The van der Waals surface area contributed by atoms with E-state index >= 15 is 0 Å². The minimum Gasteiger partial charge on any atom is -0.493 e. The molecule has 0 bridgehead atoms. The summed E-state index contributed by atoms with van der Waals surface area (Å²) >= 11 is 7.43. The molecule has 0 aliphatic heterocycles. The molecule has 0 spiro atoms. The van der Waals surface area contributed by atoms with E-state index in [0.717, 1.165) is 27.4 Å². The summed E-state index contributed by atoms with van der Waals surface area (Å²) in [6.45, 7) is 0.416. The Bertz CT molecular complexity index is 1240. The first kappa shape index (κ1) is 21.0. The minimum absolute atomic E-state index is 0.416. The van der Waals surface area contributed by atoms with Crippen LogP contribution in [0.3, 0.4) is 0 Å². The van der Waals surface area contributed by atoms with Crippen LogP contribution in [0.5, 0.6) is 11.5 Å². The van der Waals surface area contributed by atoms with E-state index in [-0.39, 0.29) is 0 Å². The number of rotatable bonds is 7. The second-order valence-electron chi connectivity index (χ2n) is 6.49. The Kier molecular flexibility index (Phi) is 6.54. The molecule has 0 unspecified atom stereocenters. The van der Waals surface area contributed by atoms with Crippen LogP contribution in [0.4, 0.5) is 0 Å². The van der Waals surface area contributed by atoms with E-state index in [0.29, 0.717) is 23.1 Å². The van der Waals surface area contributed by atoms with Crippen LogP contribution in [-0.4, -0.2) is 25.0 Å². The van der Waals surface area contributed by atoms with Crippen molar-refractivity contribution in [2.24, 2.45) is 10.1 Å². The van der Waals surface area contributed by atoms with Gasteiger partial charge in [0, 0.05) is 17.5 Å². The minimum atomic E-state index is 0.416. The molecule has 0 fully saturated rings. The number of methoxy groups -OCH3 is 1. The number of nitrogens with zero attached hydrogens (tertiary/aromatic N) is 3. The predicted molar refractivity (Wildman–Crippen MR) is 123 cm³/mol. The maximum absolute atomic E-state index is 5.93. The quantitative estimate of drug-likeness (QED) is 0.349. The lowest BCUT2D eigenvalue weighted by molar-refractivity contribution is 0.284. The molecule has 0 radical (unpaired) electrons. The van der Waals surface area contributed by atoms with Crippen LogP contribution in [0.1, 0.15) is 11.1 Å². The molecular weight excluding hydrogens is 434 g/mol. The smallest absolute Gasteiger partial charge is 0.206 e. The first-order chi connectivity index (χ1) is 15.2. The van der Waals surface area contributed by atoms with Crippen molar-refractivity contribution in [2.45, 2.75) is 6.61 Å². The lowest BCUT2D eigenvalue weighted by Gasteiger charge is -2.11. The van der Waals surface area contributed by atoms with Crippen LogP contribution < -0.4 is 14.3 Å². The Balaban J connectivity index is 1.55. The number of halogens is 1. The maximum atomic E-state index is 5.93. The summed E-state index contributed by atoms with van der Waals surface area (Å²) in [6.07, 6.45) is 3.39. The van der Waals surface area contributed by atoms with Crippen molar-refractivity contribution in [1.82, 2.24) is 4.68 Å². The number of furan rings is 1. The Morgan fingerprint density at radius 2 is 1.97 bits per heavy atom. The molecule has 0 aliphatic carbocycles. The van der Waals surface area contributed by atoms with Gasteiger partial charge in [0.2, 0.25) is 4.80 Å². The monoisotopic (exact) mass is 453 g/mol. The average Bonchev–Trinajstić information content (AvgIpc) is 3.47. The van der Waals surface area contributed by atoms with Crippen molar-refractivity contribution in [3.8, 4) is 23.0 Å². The van der Waals surface area contributed by atoms with Crippen LogP contribution in [0, 0.1) is 0 Å². The SMILES string of the molecule is CN=c1scc(-c2ccco2)n1N=Cc1ccc(OCc2ccc(Cl)cc2)c(OC)c1. The zero-order chi connectivity index (χ0) is 21.6. The number of ether oxygens (including phenoxy) is 2. The third-order valence-corrected chi connectivity index (χ3v) is 5.63. The summed E-state index contributed by atoms with van der Waals surface area (Å²) in [5.74, 6) is 2.00. The van der Waals surface area contributed by atoms with Crippen LogP contribution in [-0.2, 0) is 6.61 Å². The summed E-state index contributed by atoms with van der Waals surface area (Å²) < 4.78 is 18.7. The molecule has 2 aromatic carbocycles. The van der Waals surface area contributed by atoms with E-state index in [1.807, 2.05) is 60.0 Å². The zero-order valence-electron chi connectivity index (χ0n) is 17.0. The summed E-state index contributed by atoms with van der Waals surface area (Å²) in [7, 11) is 3.35. The van der Waals surface area contributed by atoms with Gasteiger partial charge in [-0.2, -0.15) is 5.10 Å². The first-order valence-corrected chi connectivity index (χ1v) is 10.7. The molecule has 4 rings (SSSR count). The van der Waals surface area contributed by atoms with Gasteiger partial charge in [0.05, 0.1) is 19.6 Å². The fraction of sp³-hybridized carbons (Fsp3) is 0.130. The van der Waals surface area contributed by atoms with Gasteiger partial charge in [-0.1, -0.05) is 23.7 Å². The normalized spacial score (nSPS) is 11.9. The number of benzene rings is 2. The van der Waals surface area contributed by atoms with Crippen molar-refractivity contribution in [1.29, 1.82) is 0 Å². The average molecular weight is 454 g/mol. The Morgan fingerprint density at radius 3 is 2.68 bits per heavy atom. The third kappa shape index (κ3) is 4.90. The van der Waals surface area contributed by atoms with Gasteiger partial charge in [0.15, 0.2) is 17.3 Å². The Morgan fingerprint density at radius 1 is 1.13 bits per heavy atom. The van der Waals surface area contributed by atoms with Crippen molar-refractivity contribution in [3.63, 3.8) is 0 Å². The van der Waals surface area contributed by atoms with Gasteiger partial charge in [0.1, 0.15) is 12.3 Å². The van der Waals surface area contributed by atoms with Crippen LogP contribution in [0.2, 0.25) is 5.02 Å². The molecule has 6 nitrogen and oxygen atoms in total. The Hall–Kier alpha value is -3.29. The molecule has 0 saturated carbocycles. The maximum Gasteiger partial charge on any atom is 0.206 e. The highest BCUT2D eigenvalue weighted by molar-refractivity contribution is 7.07. The van der Waals surface area contributed by atoms with Gasteiger partial charge < -0.3 is 13.9 Å². The van der Waals surface area contributed by atoms with Crippen molar-refractivity contribution in [2.75, 3.05) is 14.2 Å². The number of thiazole rings is 1. The van der Waals surface area contributed by atoms with E-state index in [1.54, 1.807) is 31.3 Å². The lowest BCUT2D eigenvalue weighted by Crippen LogP contribution is -2.11. The molecule has 2 heterocycles. The zero-order valence-corrected chi connectivity index (χ0v) is 18.6. The van der Waals surface area contributed by atoms with E-state index in [1.165, 1.54) is 11.3 Å². The van der Waals surface area contributed by atoms with Gasteiger partial charge in [-0.15, -0.1) is 11.3 Å². The highest BCUT2D eigenvalue weighted by Crippen LogP contribution is 2.28. The van der Waals surface area contributed by atoms with Crippen molar-refractivity contribution in [3.05, 3.63) is 87.2 Å². The van der Waals surface area contributed by atoms with Gasteiger partial charge >= 0.3 is 0 Å². The predicted octanol–water partition coefficient (Wildman–Crippen LogP) is 5.46. The fourth-order valence-corrected chi connectivity index (χ4v) is 3.82. The summed E-state index contributed by atoms with van der Waals surface area (Å²) in [6, 6.07) is 16.9. The number of hydrogen-bond donors (Lipinski definition) is 0. The Labute approximate surface area is 188 Å². The molecule has 158 valence electrons. The van der Waals surface area contributed by atoms with Crippen molar-refractivity contribution >= 4 is 29.2 Å². The molecule has 0 aliphatic rings. The highest BCUT2D eigenvalue weighted by atomic mass is 35.5. The fourth-order valence-electron chi connectivity index (χ4n) is 2.91. The van der Waals surface area contributed by atoms with Crippen LogP contribution >= 0.6 is 22.9 Å². The van der Waals surface area contributed by atoms with Gasteiger partial charge in [-0.25, -0.2) is 4.68 Å². The van der Waals surface area contributed by atoms with Gasteiger partial charge in [-0.05, 0) is 53.6 Å². The molecule has 0 saturated heterocycles. The molecule has 0 atom stereocenters. The largest absolute Gasteiger partial charge is 0.493 e. The third-order valence-electron chi connectivity index (χ3n) is 4.47. The molecule has 2 aromatic heterocycles. The summed E-state index contributed by atoms with van der Waals surface area (Å²) in [4.78, 5) is 5.05. The molecule has 8 heteroatoms. The molecule has 4 aromatic rings. The molecule has 31 heavy (non-hydrogen) atoms. The van der Waals surface area contributed by atoms with E-state index in [2.05, 4.69) is 10.1 Å². The second-order valence-corrected chi connectivity index (χ2v) is 7.76. The van der Waals surface area contributed by atoms with Crippen LogP contribution in [0.15, 0.2) is 80.8 Å². The number of aromatic nitrogens is 1. The van der Waals surface area contributed by atoms with E-state index < -0.39 is 0 Å². The summed E-state index contributed by atoms with van der Waals surface area (Å²) in [5.41, 5.74) is 2.72. The molecular formula is C23H20ClN3O3S. The highest BCUT2D eigenvalue weighted by Gasteiger charge is 2.10.